The fourth-order valence-electron chi connectivity index (χ4n) is 3.69. The number of pyridine rings is 1. The number of hydrogen-bond acceptors (Lipinski definition) is 5. The SMILES string of the molecule is CC1CCCC1NC(=O)c1ccc(-n2ncc(-c3ccc(C#N)cc3)c2O)nc1. The molecule has 1 aromatic carbocycles. The normalized spacial score (nSPS) is 18.3. The van der Waals surface area contributed by atoms with E-state index >= 15 is 0 Å². The molecule has 0 bridgehead atoms. The predicted molar refractivity (Wildman–Crippen MR) is 107 cm³/mol. The molecule has 0 saturated heterocycles. The Labute approximate surface area is 168 Å². The zero-order valence-electron chi connectivity index (χ0n) is 16.0. The third-order valence-electron chi connectivity index (χ3n) is 5.47. The van der Waals surface area contributed by atoms with Gasteiger partial charge in [0.05, 0.1) is 29.0 Å². The molecule has 0 spiro atoms. The third-order valence-corrected chi connectivity index (χ3v) is 5.47. The van der Waals surface area contributed by atoms with E-state index in [0.29, 0.717) is 28.4 Å². The van der Waals surface area contributed by atoms with Crippen LogP contribution in [0.25, 0.3) is 16.9 Å². The Balaban J connectivity index is 1.52. The number of nitriles is 1. The zero-order chi connectivity index (χ0) is 20.4. The third kappa shape index (κ3) is 3.69. The van der Waals surface area contributed by atoms with Crippen LogP contribution >= 0.6 is 0 Å². The number of benzene rings is 1. The molecule has 0 radical (unpaired) electrons. The summed E-state index contributed by atoms with van der Waals surface area (Å²) < 4.78 is 1.31. The quantitative estimate of drug-likeness (QED) is 0.714. The van der Waals surface area contributed by atoms with Crippen molar-refractivity contribution in [3.8, 4) is 28.9 Å². The number of carbonyl (C=O) groups excluding carboxylic acids is 1. The molecular weight excluding hydrogens is 366 g/mol. The Bertz CT molecular complexity index is 1060. The topological polar surface area (TPSA) is 104 Å². The average molecular weight is 387 g/mol. The highest BCUT2D eigenvalue weighted by Crippen LogP contribution is 2.30. The number of aromatic nitrogens is 3. The number of carbonyl (C=O) groups is 1. The molecule has 2 aromatic heterocycles. The van der Waals surface area contributed by atoms with E-state index in [-0.39, 0.29) is 17.8 Å². The standard InChI is InChI=1S/C22H21N5O2/c1-14-3-2-4-19(14)26-21(28)17-9-10-20(24-12-17)27-22(29)18(13-25-27)16-7-5-15(11-23)6-8-16/h5-10,12-14,19,29H,2-4H2,1H3,(H,26,28). The molecule has 4 rings (SSSR count). The molecule has 1 amide bonds. The van der Waals surface area contributed by atoms with Crippen LogP contribution in [0, 0.1) is 17.2 Å². The summed E-state index contributed by atoms with van der Waals surface area (Å²) in [7, 11) is 0. The lowest BCUT2D eigenvalue weighted by Gasteiger charge is -2.17. The van der Waals surface area contributed by atoms with Gasteiger partial charge in [0.15, 0.2) is 5.82 Å². The van der Waals surface area contributed by atoms with Gasteiger partial charge in [0.1, 0.15) is 0 Å². The molecular formula is C22H21N5O2. The van der Waals surface area contributed by atoms with Crippen molar-refractivity contribution in [2.75, 3.05) is 0 Å². The average Bonchev–Trinajstić information content (AvgIpc) is 3.33. The number of rotatable bonds is 4. The Morgan fingerprint density at radius 2 is 2.00 bits per heavy atom. The van der Waals surface area contributed by atoms with Crippen LogP contribution in [0.1, 0.15) is 42.1 Å². The first kappa shape index (κ1) is 18.7. The number of hydrogen-bond donors (Lipinski definition) is 2. The first-order valence-electron chi connectivity index (χ1n) is 9.61. The molecule has 1 fully saturated rings. The summed E-state index contributed by atoms with van der Waals surface area (Å²) in [6, 6.07) is 12.5. The Morgan fingerprint density at radius 1 is 1.21 bits per heavy atom. The van der Waals surface area contributed by atoms with Crippen molar-refractivity contribution in [1.29, 1.82) is 5.26 Å². The molecule has 2 heterocycles. The van der Waals surface area contributed by atoms with E-state index in [0.717, 1.165) is 24.8 Å². The second-order valence-electron chi connectivity index (χ2n) is 7.38. The first-order valence-corrected chi connectivity index (χ1v) is 9.61. The van der Waals surface area contributed by atoms with Crippen molar-refractivity contribution < 1.29 is 9.90 Å². The minimum absolute atomic E-state index is 0.0563. The lowest BCUT2D eigenvalue weighted by Crippen LogP contribution is -2.36. The van der Waals surface area contributed by atoms with E-state index < -0.39 is 0 Å². The minimum atomic E-state index is -0.134. The summed E-state index contributed by atoms with van der Waals surface area (Å²) >= 11 is 0. The first-order chi connectivity index (χ1) is 14.1. The van der Waals surface area contributed by atoms with Crippen LogP contribution < -0.4 is 5.32 Å². The van der Waals surface area contributed by atoms with Gasteiger partial charge in [0, 0.05) is 12.2 Å². The summed E-state index contributed by atoms with van der Waals surface area (Å²) in [6.45, 7) is 2.16. The molecule has 7 heteroatoms. The summed E-state index contributed by atoms with van der Waals surface area (Å²) in [6.07, 6.45) is 6.33. The number of nitrogens with zero attached hydrogens (tertiary/aromatic N) is 4. The monoisotopic (exact) mass is 387 g/mol. The fraction of sp³-hybridized carbons (Fsp3) is 0.273. The summed E-state index contributed by atoms with van der Waals surface area (Å²) in [4.78, 5) is 16.8. The van der Waals surface area contributed by atoms with Crippen molar-refractivity contribution in [2.24, 2.45) is 5.92 Å². The van der Waals surface area contributed by atoms with E-state index in [9.17, 15) is 9.90 Å². The highest BCUT2D eigenvalue weighted by Gasteiger charge is 2.25. The maximum absolute atomic E-state index is 12.5. The van der Waals surface area contributed by atoms with Gasteiger partial charge in [0.25, 0.3) is 5.91 Å². The fourth-order valence-corrected chi connectivity index (χ4v) is 3.69. The Kier molecular flexibility index (Phi) is 5.00. The van der Waals surface area contributed by atoms with Crippen LogP contribution in [0.5, 0.6) is 5.88 Å². The lowest BCUT2D eigenvalue weighted by atomic mass is 10.1. The summed E-state index contributed by atoms with van der Waals surface area (Å²) in [5, 5.41) is 26.8. The maximum atomic E-state index is 12.5. The molecule has 0 aliphatic heterocycles. The molecule has 29 heavy (non-hydrogen) atoms. The van der Waals surface area contributed by atoms with Crippen LogP contribution in [0.3, 0.4) is 0 Å². The minimum Gasteiger partial charge on any atom is -0.493 e. The molecule has 7 nitrogen and oxygen atoms in total. The van der Waals surface area contributed by atoms with Crippen molar-refractivity contribution in [2.45, 2.75) is 32.2 Å². The number of amides is 1. The van der Waals surface area contributed by atoms with Gasteiger partial charge in [-0.2, -0.15) is 15.0 Å². The molecule has 1 aliphatic carbocycles. The van der Waals surface area contributed by atoms with E-state index in [4.69, 9.17) is 5.26 Å². The summed E-state index contributed by atoms with van der Waals surface area (Å²) in [5.41, 5.74) is 2.30. The van der Waals surface area contributed by atoms with Gasteiger partial charge in [-0.1, -0.05) is 25.5 Å². The molecule has 1 saturated carbocycles. The molecule has 146 valence electrons. The van der Waals surface area contributed by atoms with E-state index in [1.165, 1.54) is 10.9 Å². The molecule has 1 aliphatic rings. The smallest absolute Gasteiger partial charge is 0.253 e. The highest BCUT2D eigenvalue weighted by molar-refractivity contribution is 5.94. The second kappa shape index (κ2) is 7.76. The maximum Gasteiger partial charge on any atom is 0.253 e. The predicted octanol–water partition coefficient (Wildman–Crippen LogP) is 3.43. The van der Waals surface area contributed by atoms with E-state index in [1.807, 2.05) is 0 Å². The zero-order valence-corrected chi connectivity index (χ0v) is 16.0. The van der Waals surface area contributed by atoms with Gasteiger partial charge in [-0.15, -0.1) is 0 Å². The van der Waals surface area contributed by atoms with Crippen LogP contribution in [-0.2, 0) is 0 Å². The van der Waals surface area contributed by atoms with Crippen LogP contribution in [0.15, 0.2) is 48.8 Å². The van der Waals surface area contributed by atoms with Crippen LogP contribution in [0.4, 0.5) is 0 Å². The molecule has 3 aromatic rings. The van der Waals surface area contributed by atoms with Crippen molar-refractivity contribution in [1.82, 2.24) is 20.1 Å². The van der Waals surface area contributed by atoms with Gasteiger partial charge in [-0.3, -0.25) is 4.79 Å². The van der Waals surface area contributed by atoms with Gasteiger partial charge >= 0.3 is 0 Å². The van der Waals surface area contributed by atoms with E-state index in [2.05, 4.69) is 28.4 Å². The highest BCUT2D eigenvalue weighted by atomic mass is 16.3. The van der Waals surface area contributed by atoms with Gasteiger partial charge in [-0.25, -0.2) is 4.98 Å². The number of nitrogens with one attached hydrogen (secondary N) is 1. The van der Waals surface area contributed by atoms with Gasteiger partial charge in [0.2, 0.25) is 5.88 Å². The van der Waals surface area contributed by atoms with Crippen LogP contribution in [-0.4, -0.2) is 31.8 Å². The summed E-state index contributed by atoms with van der Waals surface area (Å²) in [5.74, 6) is 0.714. The molecule has 2 N–H and O–H groups in total. The number of aromatic hydroxyl groups is 1. The Morgan fingerprint density at radius 3 is 2.62 bits per heavy atom. The van der Waals surface area contributed by atoms with Crippen molar-refractivity contribution in [3.63, 3.8) is 0 Å². The molecule has 2 atom stereocenters. The lowest BCUT2D eigenvalue weighted by molar-refractivity contribution is 0.0929. The second-order valence-corrected chi connectivity index (χ2v) is 7.38. The van der Waals surface area contributed by atoms with Crippen molar-refractivity contribution in [3.05, 3.63) is 59.9 Å². The van der Waals surface area contributed by atoms with Gasteiger partial charge < -0.3 is 10.4 Å². The van der Waals surface area contributed by atoms with E-state index in [1.54, 1.807) is 42.6 Å². The molecule has 2 unspecified atom stereocenters. The van der Waals surface area contributed by atoms with Crippen LogP contribution in [0.2, 0.25) is 0 Å². The van der Waals surface area contributed by atoms with Crippen molar-refractivity contribution >= 4 is 5.91 Å². The Hall–Kier alpha value is -3.66. The van der Waals surface area contributed by atoms with Gasteiger partial charge in [-0.05, 0) is 48.6 Å². The largest absolute Gasteiger partial charge is 0.493 e.